The van der Waals surface area contributed by atoms with Crippen LogP contribution in [0.1, 0.15) is 21.5 Å². The fourth-order valence-corrected chi connectivity index (χ4v) is 3.76. The van der Waals surface area contributed by atoms with Crippen LogP contribution < -0.4 is 10.1 Å². The number of amides is 1. The van der Waals surface area contributed by atoms with Gasteiger partial charge in [-0.25, -0.2) is 4.68 Å². The van der Waals surface area contributed by atoms with Crippen molar-refractivity contribution in [2.45, 2.75) is 17.5 Å². The summed E-state index contributed by atoms with van der Waals surface area (Å²) in [6, 6.07) is 24.8. The Morgan fingerprint density at radius 1 is 0.968 bits per heavy atom. The van der Waals surface area contributed by atoms with E-state index in [2.05, 4.69) is 20.8 Å². The molecule has 1 N–H and O–H groups in total. The number of nitrogens with one attached hydrogen (secondary N) is 1. The number of carbonyl (C=O) groups excluding carboxylic acids is 1. The fourth-order valence-electron chi connectivity index (χ4n) is 2.93. The first kappa shape index (κ1) is 20.6. The fraction of sp³-hybridized carbons (Fsp3) is 0.130. The molecule has 0 aliphatic heterocycles. The maximum atomic E-state index is 12.4. The van der Waals surface area contributed by atoms with E-state index in [-0.39, 0.29) is 5.91 Å². The summed E-state index contributed by atoms with van der Waals surface area (Å²) in [5.41, 5.74) is 3.56. The number of rotatable bonds is 8. The summed E-state index contributed by atoms with van der Waals surface area (Å²) in [4.78, 5) is 12.4. The molecule has 1 amide bonds. The van der Waals surface area contributed by atoms with Crippen molar-refractivity contribution in [1.82, 2.24) is 20.2 Å². The Morgan fingerprint density at radius 3 is 2.39 bits per heavy atom. The molecule has 0 aliphatic rings. The number of tetrazole rings is 1. The van der Waals surface area contributed by atoms with E-state index in [0.29, 0.717) is 17.9 Å². The summed E-state index contributed by atoms with van der Waals surface area (Å²) in [5.74, 6) is 1.38. The molecule has 0 unspecified atom stereocenters. The SMILES string of the molecule is COc1ccc(Cn2nnnc2SCc2ccc(C(=O)Nc3ccccc3)cc2)cc1. The highest BCUT2D eigenvalue weighted by Crippen LogP contribution is 2.22. The minimum absolute atomic E-state index is 0.131. The summed E-state index contributed by atoms with van der Waals surface area (Å²) < 4.78 is 6.96. The van der Waals surface area contributed by atoms with Crippen LogP contribution in [0.2, 0.25) is 0 Å². The predicted molar refractivity (Wildman–Crippen MR) is 120 cm³/mol. The highest BCUT2D eigenvalue weighted by Gasteiger charge is 2.10. The normalized spacial score (nSPS) is 10.6. The van der Waals surface area contributed by atoms with Crippen molar-refractivity contribution in [3.8, 4) is 5.75 Å². The van der Waals surface area contributed by atoms with Crippen molar-refractivity contribution in [2.75, 3.05) is 12.4 Å². The summed E-state index contributed by atoms with van der Waals surface area (Å²) in [6.07, 6.45) is 0. The van der Waals surface area contributed by atoms with Crippen LogP contribution in [0.4, 0.5) is 5.69 Å². The van der Waals surface area contributed by atoms with Gasteiger partial charge < -0.3 is 10.1 Å². The molecule has 1 aromatic heterocycles. The number of carbonyl (C=O) groups is 1. The zero-order valence-corrected chi connectivity index (χ0v) is 17.7. The lowest BCUT2D eigenvalue weighted by molar-refractivity contribution is 0.102. The molecule has 3 aromatic carbocycles. The number of methoxy groups -OCH3 is 1. The van der Waals surface area contributed by atoms with Crippen molar-refractivity contribution >= 4 is 23.4 Å². The Kier molecular flexibility index (Phi) is 6.59. The molecule has 0 aliphatic carbocycles. The Bertz CT molecular complexity index is 1130. The van der Waals surface area contributed by atoms with Crippen molar-refractivity contribution in [3.05, 3.63) is 95.6 Å². The minimum Gasteiger partial charge on any atom is -0.497 e. The Morgan fingerprint density at radius 2 is 1.68 bits per heavy atom. The van der Waals surface area contributed by atoms with Gasteiger partial charge in [-0.15, -0.1) is 5.10 Å². The zero-order valence-electron chi connectivity index (χ0n) is 16.9. The van der Waals surface area contributed by atoms with Gasteiger partial charge in [-0.05, 0) is 58.0 Å². The summed E-state index contributed by atoms with van der Waals surface area (Å²) in [5, 5.41) is 15.7. The van der Waals surface area contributed by atoms with E-state index in [4.69, 9.17) is 4.74 Å². The topological polar surface area (TPSA) is 81.9 Å². The van der Waals surface area contributed by atoms with Crippen LogP contribution in [0, 0.1) is 0 Å². The number of para-hydroxylation sites is 1. The van der Waals surface area contributed by atoms with Crippen LogP contribution in [0.3, 0.4) is 0 Å². The Labute approximate surface area is 184 Å². The highest BCUT2D eigenvalue weighted by molar-refractivity contribution is 7.98. The van der Waals surface area contributed by atoms with Crippen LogP contribution in [0.15, 0.2) is 84.0 Å². The van der Waals surface area contributed by atoms with E-state index in [1.807, 2.05) is 78.9 Å². The number of nitrogens with zero attached hydrogens (tertiary/aromatic N) is 4. The number of hydrogen-bond acceptors (Lipinski definition) is 6. The Hall–Kier alpha value is -3.65. The van der Waals surface area contributed by atoms with Crippen molar-refractivity contribution in [2.24, 2.45) is 0 Å². The van der Waals surface area contributed by atoms with Gasteiger partial charge in [-0.3, -0.25) is 4.79 Å². The van der Waals surface area contributed by atoms with Crippen LogP contribution in [0.25, 0.3) is 0 Å². The van der Waals surface area contributed by atoms with Crippen LogP contribution in [0.5, 0.6) is 5.75 Å². The summed E-state index contributed by atoms with van der Waals surface area (Å²) in [7, 11) is 1.65. The molecular weight excluding hydrogens is 410 g/mol. The number of thioether (sulfide) groups is 1. The van der Waals surface area contributed by atoms with Crippen molar-refractivity contribution in [3.63, 3.8) is 0 Å². The van der Waals surface area contributed by atoms with Crippen LogP contribution in [-0.4, -0.2) is 33.2 Å². The third-order valence-electron chi connectivity index (χ3n) is 4.61. The van der Waals surface area contributed by atoms with E-state index in [1.54, 1.807) is 23.6 Å². The lowest BCUT2D eigenvalue weighted by Crippen LogP contribution is -2.11. The molecule has 156 valence electrons. The quantitative estimate of drug-likeness (QED) is 0.420. The summed E-state index contributed by atoms with van der Waals surface area (Å²) in [6.45, 7) is 0.581. The molecule has 0 spiro atoms. The standard InChI is InChI=1S/C23H21N5O2S/c1-30-21-13-9-17(10-14-21)15-28-23(25-26-27-28)31-16-18-7-11-19(12-8-18)22(29)24-20-5-3-2-4-6-20/h2-14H,15-16H2,1H3,(H,24,29). The second-order valence-corrected chi connectivity index (χ2v) is 7.72. The zero-order chi connectivity index (χ0) is 21.5. The molecule has 0 atom stereocenters. The Balaban J connectivity index is 1.34. The van der Waals surface area contributed by atoms with Gasteiger partial charge in [0.1, 0.15) is 5.75 Å². The van der Waals surface area contributed by atoms with Gasteiger partial charge in [0.2, 0.25) is 5.16 Å². The monoisotopic (exact) mass is 431 g/mol. The lowest BCUT2D eigenvalue weighted by atomic mass is 10.1. The van der Waals surface area contributed by atoms with Gasteiger partial charge in [0, 0.05) is 17.0 Å². The molecule has 7 nitrogen and oxygen atoms in total. The third kappa shape index (κ3) is 5.49. The number of benzene rings is 3. The molecule has 1 heterocycles. The molecule has 4 aromatic rings. The van der Waals surface area contributed by atoms with E-state index in [9.17, 15) is 4.79 Å². The van der Waals surface area contributed by atoms with Gasteiger partial charge in [-0.1, -0.05) is 54.2 Å². The lowest BCUT2D eigenvalue weighted by Gasteiger charge is -2.07. The van der Waals surface area contributed by atoms with Crippen LogP contribution >= 0.6 is 11.8 Å². The maximum Gasteiger partial charge on any atom is 0.255 e. The number of aromatic nitrogens is 4. The molecule has 31 heavy (non-hydrogen) atoms. The highest BCUT2D eigenvalue weighted by atomic mass is 32.2. The average molecular weight is 432 g/mol. The molecular formula is C23H21N5O2S. The summed E-state index contributed by atoms with van der Waals surface area (Å²) >= 11 is 1.55. The number of anilines is 1. The van der Waals surface area contributed by atoms with E-state index in [0.717, 1.165) is 27.7 Å². The van der Waals surface area contributed by atoms with Crippen LogP contribution in [-0.2, 0) is 12.3 Å². The molecule has 0 saturated heterocycles. The maximum absolute atomic E-state index is 12.4. The van der Waals surface area contributed by atoms with Crippen molar-refractivity contribution < 1.29 is 9.53 Å². The largest absolute Gasteiger partial charge is 0.497 e. The smallest absolute Gasteiger partial charge is 0.255 e. The number of ether oxygens (including phenoxy) is 1. The third-order valence-corrected chi connectivity index (χ3v) is 5.63. The van der Waals surface area contributed by atoms with E-state index >= 15 is 0 Å². The first-order valence-electron chi connectivity index (χ1n) is 9.68. The van der Waals surface area contributed by atoms with Crippen molar-refractivity contribution in [1.29, 1.82) is 0 Å². The molecule has 0 fully saturated rings. The first-order chi connectivity index (χ1) is 15.2. The second kappa shape index (κ2) is 9.90. The van der Waals surface area contributed by atoms with E-state index in [1.165, 1.54) is 0 Å². The number of hydrogen-bond donors (Lipinski definition) is 1. The van der Waals surface area contributed by atoms with Gasteiger partial charge in [-0.2, -0.15) is 0 Å². The molecule has 0 saturated carbocycles. The molecule has 0 radical (unpaired) electrons. The van der Waals surface area contributed by atoms with Gasteiger partial charge >= 0.3 is 0 Å². The van der Waals surface area contributed by atoms with E-state index < -0.39 is 0 Å². The molecule has 0 bridgehead atoms. The first-order valence-corrected chi connectivity index (χ1v) is 10.7. The minimum atomic E-state index is -0.131. The molecule has 4 rings (SSSR count). The molecule has 8 heteroatoms. The average Bonchev–Trinajstić information content (AvgIpc) is 3.26. The van der Waals surface area contributed by atoms with Gasteiger partial charge in [0.25, 0.3) is 5.91 Å². The second-order valence-electron chi connectivity index (χ2n) is 6.77. The van der Waals surface area contributed by atoms with Gasteiger partial charge in [0.15, 0.2) is 0 Å². The predicted octanol–water partition coefficient (Wildman–Crippen LogP) is 4.27. The van der Waals surface area contributed by atoms with Gasteiger partial charge in [0.05, 0.1) is 13.7 Å².